The van der Waals surface area contributed by atoms with Crippen LogP contribution in [0.25, 0.3) is 0 Å². The lowest BCUT2D eigenvalue weighted by molar-refractivity contribution is -0.121. The molecule has 2 aromatic carbocycles. The standard InChI is InChI=1S/C25H29N3O5/c1-16-4-3-5-20(17(16)2)26-25(31)27-23(29)15-28-10-8-18(9-11-28)24(30)19-6-7-21-22(14-19)33-13-12-32-21/h3-7,14,18H,8-13,15H2,1-2H3,(H2,26,27,29,31). The third-order valence-electron chi connectivity index (χ3n) is 6.26. The molecule has 174 valence electrons. The maximum absolute atomic E-state index is 12.9. The smallest absolute Gasteiger partial charge is 0.325 e. The topological polar surface area (TPSA) is 97.0 Å². The van der Waals surface area contributed by atoms with Crippen molar-refractivity contribution in [1.82, 2.24) is 10.2 Å². The van der Waals surface area contributed by atoms with Crippen LogP contribution >= 0.6 is 0 Å². The lowest BCUT2D eigenvalue weighted by Gasteiger charge is -2.30. The highest BCUT2D eigenvalue weighted by atomic mass is 16.6. The molecule has 0 spiro atoms. The van der Waals surface area contributed by atoms with E-state index in [0.717, 1.165) is 11.1 Å². The Balaban J connectivity index is 1.24. The molecule has 0 atom stereocenters. The van der Waals surface area contributed by atoms with Gasteiger partial charge in [-0.1, -0.05) is 12.1 Å². The van der Waals surface area contributed by atoms with E-state index >= 15 is 0 Å². The Bertz CT molecular complexity index is 1060. The van der Waals surface area contributed by atoms with Gasteiger partial charge in [0, 0.05) is 17.2 Å². The third kappa shape index (κ3) is 5.51. The molecule has 2 aliphatic heterocycles. The largest absolute Gasteiger partial charge is 0.486 e. The number of anilines is 1. The Kier molecular flexibility index (Phi) is 6.93. The van der Waals surface area contributed by atoms with Crippen LogP contribution in [0, 0.1) is 19.8 Å². The molecule has 2 heterocycles. The fourth-order valence-electron chi connectivity index (χ4n) is 4.19. The van der Waals surface area contributed by atoms with Crippen LogP contribution in [0.4, 0.5) is 10.5 Å². The van der Waals surface area contributed by atoms with Gasteiger partial charge in [0.2, 0.25) is 5.91 Å². The van der Waals surface area contributed by atoms with Crippen LogP contribution in [-0.2, 0) is 4.79 Å². The maximum atomic E-state index is 12.9. The number of fused-ring (bicyclic) bond motifs is 1. The molecule has 2 aliphatic rings. The number of rotatable bonds is 5. The van der Waals surface area contributed by atoms with Crippen LogP contribution < -0.4 is 20.1 Å². The number of hydrogen-bond acceptors (Lipinski definition) is 6. The second-order valence-corrected chi connectivity index (χ2v) is 8.52. The summed E-state index contributed by atoms with van der Waals surface area (Å²) in [5.74, 6) is 0.901. The Morgan fingerprint density at radius 2 is 1.73 bits per heavy atom. The molecule has 1 fully saturated rings. The lowest BCUT2D eigenvalue weighted by atomic mass is 9.88. The molecule has 1 saturated heterocycles. The molecule has 0 bridgehead atoms. The molecule has 0 aromatic heterocycles. The molecular formula is C25H29N3O5. The van der Waals surface area contributed by atoms with Gasteiger partial charge >= 0.3 is 6.03 Å². The van der Waals surface area contributed by atoms with E-state index in [1.807, 2.05) is 30.9 Å². The number of carbonyl (C=O) groups excluding carboxylic acids is 3. The highest BCUT2D eigenvalue weighted by Gasteiger charge is 2.28. The minimum absolute atomic E-state index is 0.0870. The van der Waals surface area contributed by atoms with E-state index in [4.69, 9.17) is 9.47 Å². The summed E-state index contributed by atoms with van der Waals surface area (Å²) in [6.45, 7) is 6.23. The first-order valence-electron chi connectivity index (χ1n) is 11.2. The highest BCUT2D eigenvalue weighted by molar-refractivity contribution is 6.02. The number of nitrogens with zero attached hydrogens (tertiary/aromatic N) is 1. The first-order valence-corrected chi connectivity index (χ1v) is 11.2. The molecule has 3 amide bonds. The van der Waals surface area contributed by atoms with E-state index in [2.05, 4.69) is 10.6 Å². The van der Waals surface area contributed by atoms with E-state index in [-0.39, 0.29) is 24.2 Å². The number of ketones is 1. The molecule has 2 N–H and O–H groups in total. The zero-order valence-corrected chi connectivity index (χ0v) is 19.0. The molecule has 8 nitrogen and oxygen atoms in total. The van der Waals surface area contributed by atoms with Crippen molar-refractivity contribution in [3.63, 3.8) is 0 Å². The number of nitrogens with one attached hydrogen (secondary N) is 2. The highest BCUT2D eigenvalue weighted by Crippen LogP contribution is 2.32. The average Bonchev–Trinajstić information content (AvgIpc) is 2.81. The van der Waals surface area contributed by atoms with Crippen LogP contribution in [0.1, 0.15) is 34.3 Å². The van der Waals surface area contributed by atoms with Crippen molar-refractivity contribution in [2.45, 2.75) is 26.7 Å². The fourth-order valence-corrected chi connectivity index (χ4v) is 4.19. The molecule has 0 saturated carbocycles. The van der Waals surface area contributed by atoms with E-state index in [9.17, 15) is 14.4 Å². The number of piperidine rings is 1. The van der Waals surface area contributed by atoms with Gasteiger partial charge in [-0.3, -0.25) is 19.8 Å². The third-order valence-corrected chi connectivity index (χ3v) is 6.26. The normalized spacial score (nSPS) is 16.2. The van der Waals surface area contributed by atoms with Gasteiger partial charge in [0.25, 0.3) is 0 Å². The number of ether oxygens (including phenoxy) is 2. The molecule has 0 radical (unpaired) electrons. The second-order valence-electron chi connectivity index (χ2n) is 8.52. The predicted molar refractivity (Wildman–Crippen MR) is 124 cm³/mol. The summed E-state index contributed by atoms with van der Waals surface area (Å²) in [6, 6.07) is 10.4. The Hall–Kier alpha value is -3.39. The summed E-state index contributed by atoms with van der Waals surface area (Å²) in [5.41, 5.74) is 3.33. The number of amides is 3. The van der Waals surface area contributed by atoms with Crippen molar-refractivity contribution in [2.24, 2.45) is 5.92 Å². The summed E-state index contributed by atoms with van der Waals surface area (Å²) < 4.78 is 11.1. The molecule has 0 unspecified atom stereocenters. The molecule has 33 heavy (non-hydrogen) atoms. The van der Waals surface area contributed by atoms with Crippen molar-refractivity contribution >= 4 is 23.4 Å². The number of benzene rings is 2. The summed E-state index contributed by atoms with van der Waals surface area (Å²) in [4.78, 5) is 39.4. The minimum Gasteiger partial charge on any atom is -0.486 e. The molecular weight excluding hydrogens is 422 g/mol. The predicted octanol–water partition coefficient (Wildman–Crippen LogP) is 3.32. The van der Waals surface area contributed by atoms with Gasteiger partial charge in [0.15, 0.2) is 17.3 Å². The Morgan fingerprint density at radius 1 is 1.00 bits per heavy atom. The van der Waals surface area contributed by atoms with Crippen LogP contribution in [0.5, 0.6) is 11.5 Å². The van der Waals surface area contributed by atoms with Crippen molar-refractivity contribution in [3.05, 3.63) is 53.1 Å². The quantitative estimate of drug-likeness (QED) is 0.677. The average molecular weight is 452 g/mol. The number of Topliss-reactive ketones (excluding diaryl/α,β-unsaturated/α-hetero) is 1. The zero-order valence-electron chi connectivity index (χ0n) is 19.0. The van der Waals surface area contributed by atoms with Crippen molar-refractivity contribution < 1.29 is 23.9 Å². The van der Waals surface area contributed by atoms with E-state index < -0.39 is 6.03 Å². The first-order chi connectivity index (χ1) is 15.9. The second kappa shape index (κ2) is 10.0. The number of imide groups is 1. The maximum Gasteiger partial charge on any atom is 0.325 e. The Labute approximate surface area is 193 Å². The number of carbonyl (C=O) groups is 3. The summed E-state index contributed by atoms with van der Waals surface area (Å²) in [6.07, 6.45) is 1.32. The van der Waals surface area contributed by atoms with E-state index in [1.165, 1.54) is 0 Å². The number of likely N-dealkylation sites (tertiary alicyclic amines) is 1. The fraction of sp³-hybridized carbons (Fsp3) is 0.400. The lowest BCUT2D eigenvalue weighted by Crippen LogP contribution is -2.45. The van der Waals surface area contributed by atoms with Crippen LogP contribution in [0.2, 0.25) is 0 Å². The van der Waals surface area contributed by atoms with Gasteiger partial charge in [-0.2, -0.15) is 0 Å². The molecule has 8 heteroatoms. The summed E-state index contributed by atoms with van der Waals surface area (Å²) in [7, 11) is 0. The van der Waals surface area contributed by atoms with Gasteiger partial charge in [-0.15, -0.1) is 0 Å². The van der Waals surface area contributed by atoms with Crippen LogP contribution in [-0.4, -0.2) is 55.5 Å². The zero-order chi connectivity index (χ0) is 23.4. The van der Waals surface area contributed by atoms with Crippen LogP contribution in [0.3, 0.4) is 0 Å². The monoisotopic (exact) mass is 451 g/mol. The van der Waals surface area contributed by atoms with Gasteiger partial charge in [0.1, 0.15) is 13.2 Å². The van der Waals surface area contributed by atoms with E-state index in [0.29, 0.717) is 61.9 Å². The van der Waals surface area contributed by atoms with Gasteiger partial charge in [0.05, 0.1) is 6.54 Å². The van der Waals surface area contributed by atoms with Crippen molar-refractivity contribution in [1.29, 1.82) is 0 Å². The van der Waals surface area contributed by atoms with Crippen molar-refractivity contribution in [3.8, 4) is 11.5 Å². The van der Waals surface area contributed by atoms with Gasteiger partial charge in [-0.05, 0) is 75.2 Å². The number of aryl methyl sites for hydroxylation is 1. The van der Waals surface area contributed by atoms with Gasteiger partial charge < -0.3 is 14.8 Å². The minimum atomic E-state index is -0.544. The Morgan fingerprint density at radius 3 is 2.48 bits per heavy atom. The van der Waals surface area contributed by atoms with E-state index in [1.54, 1.807) is 24.3 Å². The first kappa shape index (κ1) is 22.8. The SMILES string of the molecule is Cc1cccc(NC(=O)NC(=O)CN2CCC(C(=O)c3ccc4c(c3)OCCO4)CC2)c1C. The molecule has 0 aliphatic carbocycles. The summed E-state index contributed by atoms with van der Waals surface area (Å²) >= 11 is 0. The number of urea groups is 1. The van der Waals surface area contributed by atoms with Gasteiger partial charge in [-0.25, -0.2) is 4.79 Å². The van der Waals surface area contributed by atoms with Crippen LogP contribution in [0.15, 0.2) is 36.4 Å². The molecule has 4 rings (SSSR count). The van der Waals surface area contributed by atoms with Crippen molar-refractivity contribution in [2.75, 3.05) is 38.2 Å². The summed E-state index contributed by atoms with van der Waals surface area (Å²) in [5, 5.41) is 5.12. The number of hydrogen-bond donors (Lipinski definition) is 2. The molecule has 2 aromatic rings.